The minimum absolute atomic E-state index is 0.125. The molecule has 0 aliphatic rings. The topological polar surface area (TPSA) is 84.2 Å². The lowest BCUT2D eigenvalue weighted by molar-refractivity contribution is -0.119. The average molecular weight is 396 g/mol. The lowest BCUT2D eigenvalue weighted by atomic mass is 10.1. The summed E-state index contributed by atoms with van der Waals surface area (Å²) in [7, 11) is 0. The minimum atomic E-state index is -0.242. The van der Waals surface area contributed by atoms with Gasteiger partial charge in [-0.1, -0.05) is 36.4 Å². The van der Waals surface area contributed by atoms with Gasteiger partial charge in [0, 0.05) is 35.4 Å². The molecule has 1 amide bonds. The second-order valence-corrected chi connectivity index (χ2v) is 6.47. The molecule has 148 valence electrons. The molecule has 0 fully saturated rings. The molecule has 2 aromatic carbocycles. The molecule has 0 aliphatic carbocycles. The zero-order valence-corrected chi connectivity index (χ0v) is 16.1. The van der Waals surface area contributed by atoms with Crippen LogP contribution >= 0.6 is 0 Å². The van der Waals surface area contributed by atoms with Crippen LogP contribution in [0.25, 0.3) is 16.9 Å². The molecule has 4 rings (SSSR count). The van der Waals surface area contributed by atoms with Crippen molar-refractivity contribution < 1.29 is 4.79 Å². The van der Waals surface area contributed by atoms with E-state index < -0.39 is 0 Å². The van der Waals surface area contributed by atoms with Crippen LogP contribution in [0.5, 0.6) is 0 Å². The van der Waals surface area contributed by atoms with Gasteiger partial charge in [-0.25, -0.2) is 10.1 Å². The highest BCUT2D eigenvalue weighted by molar-refractivity contribution is 5.90. The Kier molecular flexibility index (Phi) is 5.91. The Hall–Kier alpha value is -4.26. The summed E-state index contributed by atoms with van der Waals surface area (Å²) in [6.07, 6.45) is 6.92. The third-order valence-corrected chi connectivity index (χ3v) is 4.32. The number of aromatic nitrogens is 3. The summed E-state index contributed by atoms with van der Waals surface area (Å²) in [6, 6.07) is 23.1. The maximum absolute atomic E-state index is 12.1. The number of amides is 1. The molecule has 0 saturated heterocycles. The quantitative estimate of drug-likeness (QED) is 0.370. The number of carbonyl (C=O) groups is 1. The average Bonchev–Trinajstić information content (AvgIpc) is 3.24. The van der Waals surface area contributed by atoms with E-state index >= 15 is 0 Å². The van der Waals surface area contributed by atoms with Crippen LogP contribution in [0.15, 0.2) is 96.5 Å². The summed E-state index contributed by atoms with van der Waals surface area (Å²) < 4.78 is 1.78. The van der Waals surface area contributed by atoms with Crippen LogP contribution in [-0.2, 0) is 4.79 Å². The number of pyridine rings is 1. The molecule has 0 spiro atoms. The van der Waals surface area contributed by atoms with Crippen LogP contribution in [0.2, 0.25) is 0 Å². The van der Waals surface area contributed by atoms with Crippen LogP contribution < -0.4 is 10.7 Å². The van der Waals surface area contributed by atoms with Gasteiger partial charge in [0.2, 0.25) is 0 Å². The van der Waals surface area contributed by atoms with Gasteiger partial charge in [0.15, 0.2) is 0 Å². The van der Waals surface area contributed by atoms with Crippen molar-refractivity contribution in [2.75, 3.05) is 11.9 Å². The first-order valence-corrected chi connectivity index (χ1v) is 9.46. The zero-order chi connectivity index (χ0) is 20.6. The van der Waals surface area contributed by atoms with Crippen LogP contribution in [0.3, 0.4) is 0 Å². The zero-order valence-electron chi connectivity index (χ0n) is 16.1. The highest BCUT2D eigenvalue weighted by Gasteiger charge is 2.11. The molecule has 2 heterocycles. The lowest BCUT2D eigenvalue weighted by Gasteiger charge is -2.04. The van der Waals surface area contributed by atoms with E-state index in [1.165, 1.54) is 0 Å². The van der Waals surface area contributed by atoms with Gasteiger partial charge >= 0.3 is 0 Å². The van der Waals surface area contributed by atoms with E-state index in [4.69, 9.17) is 0 Å². The standard InChI is InChI=1S/C23H20N6O/c30-22(16-25-20-9-3-1-4-10-20)27-26-15-19-17-29(21-11-5-2-6-12-21)28-23(19)18-8-7-13-24-14-18/h1-15,17,25H,16H2,(H,27,30)/b26-15+. The molecule has 2 N–H and O–H groups in total. The first-order valence-electron chi connectivity index (χ1n) is 9.46. The number of anilines is 1. The highest BCUT2D eigenvalue weighted by Crippen LogP contribution is 2.21. The molecule has 0 atom stereocenters. The van der Waals surface area contributed by atoms with Crippen molar-refractivity contribution in [3.05, 3.63) is 97.0 Å². The number of nitrogens with zero attached hydrogens (tertiary/aromatic N) is 4. The van der Waals surface area contributed by atoms with Gasteiger partial charge in [0.25, 0.3) is 5.91 Å². The Morgan fingerprint density at radius 2 is 1.77 bits per heavy atom. The predicted molar refractivity (Wildman–Crippen MR) is 117 cm³/mol. The number of hydrazone groups is 1. The Labute approximate surface area is 174 Å². The van der Waals surface area contributed by atoms with Gasteiger partial charge in [-0.05, 0) is 36.4 Å². The van der Waals surface area contributed by atoms with Gasteiger partial charge in [-0.3, -0.25) is 9.78 Å². The smallest absolute Gasteiger partial charge is 0.259 e. The van der Waals surface area contributed by atoms with Gasteiger partial charge in [0.1, 0.15) is 5.69 Å². The molecular weight excluding hydrogens is 376 g/mol. The summed E-state index contributed by atoms with van der Waals surface area (Å²) >= 11 is 0. The van der Waals surface area contributed by atoms with E-state index in [0.29, 0.717) is 0 Å². The number of nitrogens with one attached hydrogen (secondary N) is 2. The predicted octanol–water partition coefficient (Wildman–Crippen LogP) is 3.50. The molecule has 0 saturated carbocycles. The summed E-state index contributed by atoms with van der Waals surface area (Å²) in [4.78, 5) is 16.2. The normalized spacial score (nSPS) is 10.8. The molecule has 7 heteroatoms. The van der Waals surface area contributed by atoms with Crippen molar-refractivity contribution in [3.8, 4) is 16.9 Å². The molecule has 4 aromatic rings. The summed E-state index contributed by atoms with van der Waals surface area (Å²) in [5.74, 6) is -0.242. The van der Waals surface area contributed by atoms with Gasteiger partial charge in [-0.15, -0.1) is 0 Å². The van der Waals surface area contributed by atoms with E-state index in [0.717, 1.165) is 28.2 Å². The van der Waals surface area contributed by atoms with E-state index in [1.807, 2.05) is 79.0 Å². The SMILES string of the molecule is O=C(CNc1ccccc1)N/N=C/c1cn(-c2ccccc2)nc1-c1cccnc1. The first-order chi connectivity index (χ1) is 14.8. The fraction of sp³-hybridized carbons (Fsp3) is 0.0435. The van der Waals surface area contributed by atoms with Crippen LogP contribution in [0.4, 0.5) is 5.69 Å². The Morgan fingerprint density at radius 3 is 2.50 bits per heavy atom. The number of benzene rings is 2. The minimum Gasteiger partial charge on any atom is -0.376 e. The molecule has 0 bridgehead atoms. The maximum Gasteiger partial charge on any atom is 0.259 e. The van der Waals surface area contributed by atoms with Crippen LogP contribution in [0, 0.1) is 0 Å². The Morgan fingerprint density at radius 1 is 1.00 bits per heavy atom. The number of rotatable bonds is 7. The summed E-state index contributed by atoms with van der Waals surface area (Å²) in [6.45, 7) is 0.125. The maximum atomic E-state index is 12.1. The Bertz CT molecular complexity index is 1120. The van der Waals surface area contributed by atoms with Crippen LogP contribution in [0.1, 0.15) is 5.56 Å². The largest absolute Gasteiger partial charge is 0.376 e. The molecule has 30 heavy (non-hydrogen) atoms. The van der Waals surface area contributed by atoms with E-state index in [2.05, 4.69) is 25.9 Å². The lowest BCUT2D eigenvalue weighted by Crippen LogP contribution is -2.25. The molecule has 2 aromatic heterocycles. The molecule has 0 aliphatic heterocycles. The van der Waals surface area contributed by atoms with E-state index in [-0.39, 0.29) is 12.5 Å². The Balaban J connectivity index is 1.49. The monoisotopic (exact) mass is 396 g/mol. The first kappa shape index (κ1) is 19.1. The summed E-state index contributed by atoms with van der Waals surface area (Å²) in [5.41, 5.74) is 6.71. The number of carbonyl (C=O) groups excluding carboxylic acids is 1. The van der Waals surface area contributed by atoms with Crippen molar-refractivity contribution >= 4 is 17.8 Å². The molecule has 0 radical (unpaired) electrons. The second kappa shape index (κ2) is 9.29. The fourth-order valence-corrected chi connectivity index (χ4v) is 2.87. The van der Waals surface area contributed by atoms with Gasteiger partial charge < -0.3 is 5.32 Å². The van der Waals surface area contributed by atoms with Gasteiger partial charge in [-0.2, -0.15) is 10.2 Å². The van der Waals surface area contributed by atoms with Crippen LogP contribution in [-0.4, -0.2) is 33.4 Å². The third-order valence-electron chi connectivity index (χ3n) is 4.32. The summed E-state index contributed by atoms with van der Waals surface area (Å²) in [5, 5.41) is 11.8. The number of para-hydroxylation sites is 2. The second-order valence-electron chi connectivity index (χ2n) is 6.47. The van der Waals surface area contributed by atoms with Crippen molar-refractivity contribution in [2.24, 2.45) is 5.10 Å². The van der Waals surface area contributed by atoms with Crippen molar-refractivity contribution in [3.63, 3.8) is 0 Å². The third kappa shape index (κ3) is 4.77. The number of hydrogen-bond acceptors (Lipinski definition) is 5. The molecule has 0 unspecified atom stereocenters. The number of hydrogen-bond donors (Lipinski definition) is 2. The highest BCUT2D eigenvalue weighted by atomic mass is 16.2. The van der Waals surface area contributed by atoms with Crippen molar-refractivity contribution in [1.82, 2.24) is 20.2 Å². The molecule has 7 nitrogen and oxygen atoms in total. The van der Waals surface area contributed by atoms with Crippen molar-refractivity contribution in [2.45, 2.75) is 0 Å². The fourth-order valence-electron chi connectivity index (χ4n) is 2.87. The molecular formula is C23H20N6O. The van der Waals surface area contributed by atoms with E-state index in [9.17, 15) is 4.79 Å². The van der Waals surface area contributed by atoms with E-state index in [1.54, 1.807) is 23.3 Å². The van der Waals surface area contributed by atoms with Crippen molar-refractivity contribution in [1.29, 1.82) is 0 Å². The van der Waals surface area contributed by atoms with Gasteiger partial charge in [0.05, 0.1) is 18.4 Å².